The summed E-state index contributed by atoms with van der Waals surface area (Å²) in [6, 6.07) is 0. The summed E-state index contributed by atoms with van der Waals surface area (Å²) >= 11 is 0. The summed E-state index contributed by atoms with van der Waals surface area (Å²) in [5, 5.41) is 0. The van der Waals surface area contributed by atoms with Crippen LogP contribution in [0, 0.1) is 0 Å². The second-order valence-electron chi connectivity index (χ2n) is 0. The topological polar surface area (TPSA) is 0 Å². The van der Waals surface area contributed by atoms with Crippen molar-refractivity contribution < 1.29 is 0 Å². The molecule has 0 unspecified atom stereocenters. The molecular formula is H17B5Na2. The van der Waals surface area contributed by atoms with E-state index in [2.05, 4.69) is 0 Å². The molecule has 0 radical (unpaired) electrons. The summed E-state index contributed by atoms with van der Waals surface area (Å²) in [4.78, 5) is 0. The van der Waals surface area contributed by atoms with Crippen molar-refractivity contribution >= 4 is 101 Å². The fourth-order valence-electron chi connectivity index (χ4n) is 0. The normalized spacial score (nSPS) is 0. The molecule has 0 heterocycles. The zero-order valence-corrected chi connectivity index (χ0v) is 0. The van der Waals surface area contributed by atoms with E-state index < -0.39 is 0 Å². The Labute approximate surface area is 99.8 Å². The average molecular weight is 117 g/mol. The molecule has 0 aromatic rings. The minimum absolute atomic E-state index is 0. The van der Waals surface area contributed by atoms with Crippen LogP contribution in [0.15, 0.2) is 0 Å². The number of hydrogen-bond donors (Lipinski definition) is 0. The third kappa shape index (κ3) is 61.6. The van der Waals surface area contributed by atoms with Crippen molar-refractivity contribution in [1.29, 1.82) is 0 Å². The molecule has 0 aliphatic rings. The van der Waals surface area contributed by atoms with E-state index in [9.17, 15) is 0 Å². The van der Waals surface area contributed by atoms with E-state index in [1.807, 2.05) is 0 Å². The molecule has 0 aliphatic heterocycles. The minimum atomic E-state index is 0. The molecule has 0 atom stereocenters. The first-order valence-corrected chi connectivity index (χ1v) is 0. The van der Waals surface area contributed by atoms with E-state index in [0.29, 0.717) is 0 Å². The number of hydrogen-bond acceptors (Lipinski definition) is 0. The standard InChI is InChI=1S/5BH3.2Na.2H/h5*1H3;;;;. The quantitative estimate of drug-likeness (QED) is 0.277. The van der Waals surface area contributed by atoms with Crippen molar-refractivity contribution in [3.63, 3.8) is 0 Å². The van der Waals surface area contributed by atoms with Crippen LogP contribution in [0.3, 0.4) is 0 Å². The van der Waals surface area contributed by atoms with E-state index in [1.54, 1.807) is 0 Å². The van der Waals surface area contributed by atoms with Crippen molar-refractivity contribution in [2.45, 2.75) is 0 Å². The molecular weight excluding hydrogens is 100 g/mol. The van der Waals surface area contributed by atoms with Gasteiger partial charge in [0.25, 0.3) is 0 Å². The summed E-state index contributed by atoms with van der Waals surface area (Å²) in [5.41, 5.74) is 0. The van der Waals surface area contributed by atoms with E-state index in [0.717, 1.165) is 0 Å². The third-order valence-electron chi connectivity index (χ3n) is 0. The van der Waals surface area contributed by atoms with Crippen LogP contribution in [0.5, 0.6) is 0 Å². The van der Waals surface area contributed by atoms with Gasteiger partial charge in [-0.15, -0.1) is 0 Å². The Morgan fingerprint density at radius 1 is 0.286 bits per heavy atom. The van der Waals surface area contributed by atoms with E-state index in [4.69, 9.17) is 0 Å². The molecule has 0 bridgehead atoms. The van der Waals surface area contributed by atoms with Gasteiger partial charge in [-0.25, -0.2) is 0 Å². The van der Waals surface area contributed by atoms with Gasteiger partial charge in [0, 0.05) is 0 Å². The van der Waals surface area contributed by atoms with Crippen molar-refractivity contribution in [2.24, 2.45) is 0 Å². The van der Waals surface area contributed by atoms with Crippen LogP contribution >= 0.6 is 0 Å². The Kier molecular flexibility index (Phi) is 1410. The van der Waals surface area contributed by atoms with Crippen LogP contribution in [0.1, 0.15) is 0 Å². The summed E-state index contributed by atoms with van der Waals surface area (Å²) in [6.07, 6.45) is 0. The van der Waals surface area contributed by atoms with Gasteiger partial charge in [0.15, 0.2) is 0 Å². The van der Waals surface area contributed by atoms with Crippen molar-refractivity contribution in [3.8, 4) is 0 Å². The molecule has 0 N–H and O–H groups in total. The van der Waals surface area contributed by atoms with Crippen molar-refractivity contribution in [2.75, 3.05) is 0 Å². The zero-order chi connectivity index (χ0) is 0. The third-order valence-corrected chi connectivity index (χ3v) is 0. The van der Waals surface area contributed by atoms with Gasteiger partial charge >= 0.3 is 59.1 Å². The molecule has 34 valence electrons. The zero-order valence-electron chi connectivity index (χ0n) is 0. The molecule has 7 heteroatoms. The van der Waals surface area contributed by atoms with Crippen LogP contribution in [0.2, 0.25) is 0 Å². The van der Waals surface area contributed by atoms with Crippen molar-refractivity contribution in [3.05, 3.63) is 0 Å². The van der Waals surface area contributed by atoms with E-state index in [-0.39, 0.29) is 101 Å². The van der Waals surface area contributed by atoms with Gasteiger partial charge in [-0.2, -0.15) is 0 Å². The maximum absolute atomic E-state index is 0. The Balaban J connectivity index is 0. The Morgan fingerprint density at radius 3 is 0.286 bits per heavy atom. The van der Waals surface area contributed by atoms with E-state index >= 15 is 0 Å². The van der Waals surface area contributed by atoms with Crippen LogP contribution in [-0.4, -0.2) is 101 Å². The summed E-state index contributed by atoms with van der Waals surface area (Å²) in [7, 11) is 0. The van der Waals surface area contributed by atoms with Crippen LogP contribution in [0.25, 0.3) is 0 Å². The van der Waals surface area contributed by atoms with Crippen LogP contribution in [0.4, 0.5) is 0 Å². The van der Waals surface area contributed by atoms with Gasteiger partial charge in [-0.1, -0.05) is 0 Å². The molecule has 0 aromatic heterocycles. The predicted molar refractivity (Wildman–Crippen MR) is 64.0 cm³/mol. The average Bonchev–Trinajstić information content (AvgIpc) is 0. The monoisotopic (exact) mass is 118 g/mol. The molecule has 7 heavy (non-hydrogen) atoms. The second kappa shape index (κ2) is 82.6. The predicted octanol–water partition coefficient (Wildman–Crippen LogP) is -7.22. The van der Waals surface area contributed by atoms with Crippen LogP contribution < -0.4 is 0 Å². The molecule has 0 rings (SSSR count). The van der Waals surface area contributed by atoms with E-state index in [1.165, 1.54) is 0 Å². The van der Waals surface area contributed by atoms with Gasteiger partial charge in [-0.3, -0.25) is 0 Å². The summed E-state index contributed by atoms with van der Waals surface area (Å²) in [6.45, 7) is 0. The fourth-order valence-corrected chi connectivity index (χ4v) is 0. The van der Waals surface area contributed by atoms with Crippen LogP contribution in [-0.2, 0) is 0 Å². The van der Waals surface area contributed by atoms with Gasteiger partial charge in [0.05, 0.1) is 42.1 Å². The van der Waals surface area contributed by atoms with Gasteiger partial charge in [0.2, 0.25) is 0 Å². The Morgan fingerprint density at radius 2 is 0.286 bits per heavy atom. The first-order valence-electron chi connectivity index (χ1n) is 0. The first-order chi connectivity index (χ1) is 0. The first kappa shape index (κ1) is 120. The molecule has 0 saturated carbocycles. The molecule has 0 spiro atoms. The fraction of sp³-hybridized carbons (Fsp3) is 0. The Hall–Kier alpha value is 2.32. The van der Waals surface area contributed by atoms with Crippen molar-refractivity contribution in [1.82, 2.24) is 0 Å². The molecule has 0 fully saturated rings. The van der Waals surface area contributed by atoms with Gasteiger partial charge < -0.3 is 0 Å². The maximum atomic E-state index is 0. The summed E-state index contributed by atoms with van der Waals surface area (Å²) < 4.78 is 0. The number of rotatable bonds is 0. The molecule has 0 saturated heterocycles. The Bertz CT molecular complexity index is 6.04. The molecule has 0 nitrogen and oxygen atoms in total. The van der Waals surface area contributed by atoms with Gasteiger partial charge in [0.1, 0.15) is 0 Å². The second-order valence-corrected chi connectivity index (χ2v) is 0. The molecule has 0 amide bonds. The molecule has 0 aromatic carbocycles. The SMILES string of the molecule is B.B.B.B.B.[NaH].[NaH]. The molecule has 0 aliphatic carbocycles. The summed E-state index contributed by atoms with van der Waals surface area (Å²) in [5.74, 6) is 0. The van der Waals surface area contributed by atoms with Gasteiger partial charge in [-0.05, 0) is 0 Å².